The Hall–Kier alpha value is -2.35. The normalized spacial score (nSPS) is 11.3. The van der Waals surface area contributed by atoms with Crippen molar-refractivity contribution in [2.45, 2.75) is 19.5 Å². The molecule has 106 valence electrons. The standard InChI is InChI=1S/C16H17BFN3/c1-12(18)15-14(17)16(21-11-20-15)19-10-6-5-9-13-7-3-2-4-8-13/h2-4,7-8,11-12H,6,10,17H2,1H3,(H,19,20,21). The van der Waals surface area contributed by atoms with E-state index in [9.17, 15) is 4.39 Å². The summed E-state index contributed by atoms with van der Waals surface area (Å²) in [6.07, 6.45) is 0.987. The molecular weight excluding hydrogens is 264 g/mol. The molecule has 1 N–H and O–H groups in total. The Bertz CT molecular complexity index is 648. The van der Waals surface area contributed by atoms with E-state index in [0.29, 0.717) is 24.5 Å². The Balaban J connectivity index is 1.90. The average molecular weight is 281 g/mol. The molecule has 3 nitrogen and oxygen atoms in total. The van der Waals surface area contributed by atoms with Gasteiger partial charge < -0.3 is 5.32 Å². The molecule has 5 heteroatoms. The molecule has 2 aromatic rings. The number of alkyl halides is 1. The highest BCUT2D eigenvalue weighted by Crippen LogP contribution is 2.12. The molecule has 0 aliphatic rings. The summed E-state index contributed by atoms with van der Waals surface area (Å²) in [4.78, 5) is 8.11. The first kappa shape index (κ1) is 15.1. The summed E-state index contributed by atoms with van der Waals surface area (Å²) in [5.74, 6) is 6.86. The van der Waals surface area contributed by atoms with Crippen molar-refractivity contribution in [3.8, 4) is 11.8 Å². The molecule has 2 rings (SSSR count). The van der Waals surface area contributed by atoms with Gasteiger partial charge in [0.2, 0.25) is 0 Å². The molecule has 0 radical (unpaired) electrons. The van der Waals surface area contributed by atoms with Crippen molar-refractivity contribution in [3.05, 3.63) is 47.9 Å². The number of halogens is 1. The van der Waals surface area contributed by atoms with Crippen LogP contribution in [0.4, 0.5) is 10.2 Å². The minimum atomic E-state index is -1.09. The van der Waals surface area contributed by atoms with E-state index in [1.165, 1.54) is 13.3 Å². The van der Waals surface area contributed by atoms with Crippen LogP contribution in [-0.2, 0) is 0 Å². The number of benzene rings is 1. The summed E-state index contributed by atoms with van der Waals surface area (Å²) in [6, 6.07) is 9.85. The molecule has 1 heterocycles. The number of aromatic nitrogens is 2. The van der Waals surface area contributed by atoms with E-state index in [1.54, 1.807) is 0 Å². The number of hydrogen-bond donors (Lipinski definition) is 1. The first-order valence-corrected chi connectivity index (χ1v) is 6.92. The topological polar surface area (TPSA) is 37.8 Å². The molecule has 0 aliphatic heterocycles. The van der Waals surface area contributed by atoms with Gasteiger partial charge in [0.1, 0.15) is 26.2 Å². The lowest BCUT2D eigenvalue weighted by atomic mass is 9.93. The predicted octanol–water partition coefficient (Wildman–Crippen LogP) is 1.62. The molecule has 1 aromatic heterocycles. The lowest BCUT2D eigenvalue weighted by molar-refractivity contribution is 0.367. The van der Waals surface area contributed by atoms with Gasteiger partial charge in [-0.25, -0.2) is 14.4 Å². The molecule has 0 fully saturated rings. The summed E-state index contributed by atoms with van der Waals surface area (Å²) in [6.45, 7) is 2.14. The van der Waals surface area contributed by atoms with Crippen LogP contribution < -0.4 is 10.8 Å². The van der Waals surface area contributed by atoms with Gasteiger partial charge in [0.05, 0.1) is 5.69 Å². The van der Waals surface area contributed by atoms with Crippen molar-refractivity contribution < 1.29 is 4.39 Å². The Kier molecular flexibility index (Phi) is 5.33. The van der Waals surface area contributed by atoms with Gasteiger partial charge in [0.15, 0.2) is 0 Å². The molecule has 1 atom stereocenters. The fraction of sp³-hybridized carbons (Fsp3) is 0.250. The molecular formula is C16H17BFN3. The maximum absolute atomic E-state index is 13.4. The van der Waals surface area contributed by atoms with Gasteiger partial charge in [0.25, 0.3) is 0 Å². The van der Waals surface area contributed by atoms with Gasteiger partial charge in [-0.3, -0.25) is 0 Å². The molecule has 1 aromatic carbocycles. The van der Waals surface area contributed by atoms with Crippen LogP contribution >= 0.6 is 0 Å². The van der Waals surface area contributed by atoms with E-state index in [2.05, 4.69) is 27.1 Å². The van der Waals surface area contributed by atoms with E-state index < -0.39 is 6.17 Å². The van der Waals surface area contributed by atoms with Crippen LogP contribution in [0.25, 0.3) is 0 Å². The van der Waals surface area contributed by atoms with Crippen molar-refractivity contribution in [1.29, 1.82) is 0 Å². The van der Waals surface area contributed by atoms with Gasteiger partial charge >= 0.3 is 0 Å². The highest BCUT2D eigenvalue weighted by atomic mass is 19.1. The first-order valence-electron chi connectivity index (χ1n) is 6.92. The zero-order valence-corrected chi connectivity index (χ0v) is 12.2. The molecule has 1 unspecified atom stereocenters. The van der Waals surface area contributed by atoms with Gasteiger partial charge in [0, 0.05) is 18.5 Å². The van der Waals surface area contributed by atoms with Crippen LogP contribution in [0.3, 0.4) is 0 Å². The van der Waals surface area contributed by atoms with Crippen LogP contribution in [0.1, 0.15) is 30.8 Å². The second-order valence-electron chi connectivity index (χ2n) is 4.69. The third-order valence-corrected chi connectivity index (χ3v) is 3.05. The Morgan fingerprint density at radius 2 is 2.05 bits per heavy atom. The third-order valence-electron chi connectivity index (χ3n) is 3.05. The summed E-state index contributed by atoms with van der Waals surface area (Å²) < 4.78 is 13.4. The van der Waals surface area contributed by atoms with Gasteiger partial charge in [-0.2, -0.15) is 0 Å². The molecule has 0 saturated carbocycles. The van der Waals surface area contributed by atoms with Crippen LogP contribution in [0.5, 0.6) is 0 Å². The second kappa shape index (κ2) is 7.44. The fourth-order valence-corrected chi connectivity index (χ4v) is 1.97. The summed E-state index contributed by atoms with van der Waals surface area (Å²) in [5.41, 5.74) is 2.19. The highest BCUT2D eigenvalue weighted by Gasteiger charge is 2.11. The van der Waals surface area contributed by atoms with E-state index >= 15 is 0 Å². The van der Waals surface area contributed by atoms with Crippen LogP contribution in [0.15, 0.2) is 36.7 Å². The van der Waals surface area contributed by atoms with Crippen LogP contribution in [0, 0.1) is 11.8 Å². The van der Waals surface area contributed by atoms with Crippen molar-refractivity contribution in [1.82, 2.24) is 9.97 Å². The van der Waals surface area contributed by atoms with Gasteiger partial charge in [-0.15, -0.1) is 0 Å². The Labute approximate surface area is 125 Å². The van der Waals surface area contributed by atoms with E-state index in [1.807, 2.05) is 38.2 Å². The zero-order chi connectivity index (χ0) is 15.1. The number of hydrogen-bond acceptors (Lipinski definition) is 3. The van der Waals surface area contributed by atoms with E-state index in [0.717, 1.165) is 11.0 Å². The zero-order valence-electron chi connectivity index (χ0n) is 12.2. The van der Waals surface area contributed by atoms with Crippen molar-refractivity contribution in [3.63, 3.8) is 0 Å². The number of nitrogens with one attached hydrogen (secondary N) is 1. The van der Waals surface area contributed by atoms with Gasteiger partial charge in [-0.05, 0) is 24.5 Å². The van der Waals surface area contributed by atoms with Gasteiger partial charge in [-0.1, -0.05) is 30.0 Å². The highest BCUT2D eigenvalue weighted by molar-refractivity contribution is 6.36. The summed E-state index contributed by atoms with van der Waals surface area (Å²) in [5, 5.41) is 3.17. The maximum Gasteiger partial charge on any atom is 0.146 e. The lowest BCUT2D eigenvalue weighted by Gasteiger charge is -2.11. The average Bonchev–Trinajstić information content (AvgIpc) is 2.49. The van der Waals surface area contributed by atoms with Crippen molar-refractivity contribution >= 4 is 19.1 Å². The van der Waals surface area contributed by atoms with Crippen LogP contribution in [0.2, 0.25) is 0 Å². The minimum absolute atomic E-state index is 0.433. The lowest BCUT2D eigenvalue weighted by Crippen LogP contribution is -2.21. The van der Waals surface area contributed by atoms with Crippen molar-refractivity contribution in [2.75, 3.05) is 11.9 Å². The smallest absolute Gasteiger partial charge is 0.146 e. The number of nitrogens with zero attached hydrogens (tertiary/aromatic N) is 2. The second-order valence-corrected chi connectivity index (χ2v) is 4.69. The molecule has 21 heavy (non-hydrogen) atoms. The number of anilines is 1. The fourth-order valence-electron chi connectivity index (χ4n) is 1.97. The summed E-state index contributed by atoms with van der Waals surface area (Å²) >= 11 is 0. The van der Waals surface area contributed by atoms with Crippen LogP contribution in [-0.4, -0.2) is 24.4 Å². The first-order chi connectivity index (χ1) is 10.2. The Morgan fingerprint density at radius 1 is 1.29 bits per heavy atom. The molecule has 0 aliphatic carbocycles. The monoisotopic (exact) mass is 281 g/mol. The number of rotatable bonds is 4. The predicted molar refractivity (Wildman–Crippen MR) is 86.2 cm³/mol. The molecule has 0 bridgehead atoms. The maximum atomic E-state index is 13.4. The van der Waals surface area contributed by atoms with Crippen molar-refractivity contribution in [2.24, 2.45) is 0 Å². The molecule has 0 amide bonds. The third kappa shape index (κ3) is 4.32. The molecule has 0 saturated heterocycles. The quantitative estimate of drug-likeness (QED) is 0.526. The SMILES string of the molecule is Bc1c(NCCC#Cc2ccccc2)ncnc1C(C)F. The molecule has 0 spiro atoms. The Morgan fingerprint density at radius 3 is 2.76 bits per heavy atom. The minimum Gasteiger partial charge on any atom is -0.369 e. The summed E-state index contributed by atoms with van der Waals surface area (Å²) in [7, 11) is 1.82. The van der Waals surface area contributed by atoms with E-state index in [4.69, 9.17) is 0 Å². The van der Waals surface area contributed by atoms with E-state index in [-0.39, 0.29) is 0 Å². The largest absolute Gasteiger partial charge is 0.369 e.